The number of thioether (sulfide) groups is 1. The second-order valence-electron chi connectivity index (χ2n) is 6.05. The highest BCUT2D eigenvalue weighted by atomic mass is 35.5. The van der Waals surface area contributed by atoms with Gasteiger partial charge < -0.3 is 9.32 Å². The summed E-state index contributed by atoms with van der Waals surface area (Å²) >= 11 is 7.50. The van der Waals surface area contributed by atoms with Crippen LogP contribution in [0, 0.1) is 0 Å². The highest BCUT2D eigenvalue weighted by molar-refractivity contribution is 7.99. The van der Waals surface area contributed by atoms with Crippen molar-refractivity contribution in [1.29, 1.82) is 0 Å². The van der Waals surface area contributed by atoms with Gasteiger partial charge in [0.2, 0.25) is 17.7 Å². The summed E-state index contributed by atoms with van der Waals surface area (Å²) in [5, 5.41) is 9.28. The number of carbonyl (C=O) groups is 1. The number of hydrogen-bond donors (Lipinski definition) is 0. The Balaban J connectivity index is 1.43. The molecule has 0 N–H and O–H groups in total. The Hall–Kier alpha value is -2.45. The molecule has 0 saturated heterocycles. The molecule has 0 bridgehead atoms. The maximum Gasteiger partial charge on any atom is 0.249 e. The quantitative estimate of drug-likeness (QED) is 0.442. The van der Waals surface area contributed by atoms with Gasteiger partial charge in [0.25, 0.3) is 0 Å². The maximum atomic E-state index is 12.7. The third-order valence-corrected chi connectivity index (χ3v) is 5.24. The van der Waals surface area contributed by atoms with E-state index in [9.17, 15) is 4.79 Å². The molecule has 1 aliphatic rings. The van der Waals surface area contributed by atoms with Crippen LogP contribution < -0.4 is 0 Å². The van der Waals surface area contributed by atoms with Gasteiger partial charge in [-0.3, -0.25) is 4.79 Å². The van der Waals surface area contributed by atoms with E-state index >= 15 is 0 Å². The first-order valence-electron chi connectivity index (χ1n) is 8.47. The van der Waals surface area contributed by atoms with E-state index in [0.29, 0.717) is 27.5 Å². The van der Waals surface area contributed by atoms with Crippen LogP contribution in [0.1, 0.15) is 18.7 Å². The lowest BCUT2D eigenvalue weighted by Gasteiger charge is -2.20. The standard InChI is InChI=1S/C18H16ClN5O2S/c19-14-5-2-1-4-13(14)17-23-22-15(26-17)10-24(12-6-7-12)16(25)11-27-18-20-8-3-9-21-18/h1-5,8-9,12H,6-7,10-11H2. The number of amides is 1. The third-order valence-electron chi connectivity index (χ3n) is 4.05. The number of benzene rings is 1. The number of hydrogen-bond acceptors (Lipinski definition) is 7. The number of rotatable bonds is 7. The first-order valence-corrected chi connectivity index (χ1v) is 9.83. The molecule has 4 rings (SSSR count). The van der Waals surface area contributed by atoms with Crippen molar-refractivity contribution in [2.75, 3.05) is 5.75 Å². The van der Waals surface area contributed by atoms with Crippen molar-refractivity contribution < 1.29 is 9.21 Å². The lowest BCUT2D eigenvalue weighted by atomic mass is 10.2. The van der Waals surface area contributed by atoms with Gasteiger partial charge in [-0.1, -0.05) is 35.5 Å². The second kappa shape index (κ2) is 8.06. The highest BCUT2D eigenvalue weighted by Crippen LogP contribution is 2.31. The molecule has 1 aliphatic carbocycles. The molecule has 27 heavy (non-hydrogen) atoms. The molecule has 7 nitrogen and oxygen atoms in total. The Labute approximate surface area is 165 Å². The highest BCUT2D eigenvalue weighted by Gasteiger charge is 2.33. The first kappa shape index (κ1) is 17.9. The molecule has 0 spiro atoms. The number of halogens is 1. The van der Waals surface area contributed by atoms with Gasteiger partial charge in [0, 0.05) is 18.4 Å². The molecular weight excluding hydrogens is 386 g/mol. The number of carbonyl (C=O) groups excluding carboxylic acids is 1. The fourth-order valence-electron chi connectivity index (χ4n) is 2.58. The lowest BCUT2D eigenvalue weighted by Crippen LogP contribution is -2.34. The zero-order valence-electron chi connectivity index (χ0n) is 14.3. The minimum atomic E-state index is 0.00689. The average Bonchev–Trinajstić information content (AvgIpc) is 3.43. The summed E-state index contributed by atoms with van der Waals surface area (Å²) < 4.78 is 5.74. The molecule has 1 fully saturated rings. The van der Waals surface area contributed by atoms with Crippen LogP contribution in [0.25, 0.3) is 11.5 Å². The lowest BCUT2D eigenvalue weighted by molar-refractivity contribution is -0.129. The van der Waals surface area contributed by atoms with Crippen molar-refractivity contribution >= 4 is 29.3 Å². The van der Waals surface area contributed by atoms with Crippen molar-refractivity contribution in [3.63, 3.8) is 0 Å². The van der Waals surface area contributed by atoms with E-state index in [4.69, 9.17) is 16.0 Å². The minimum Gasteiger partial charge on any atom is -0.419 e. The summed E-state index contributed by atoms with van der Waals surface area (Å²) in [5.74, 6) is 1.02. The molecule has 1 amide bonds. The molecule has 1 aromatic carbocycles. The fraction of sp³-hybridized carbons (Fsp3) is 0.278. The summed E-state index contributed by atoms with van der Waals surface area (Å²) in [6.45, 7) is 0.289. The largest absolute Gasteiger partial charge is 0.419 e. The zero-order valence-corrected chi connectivity index (χ0v) is 15.9. The van der Waals surface area contributed by atoms with Crippen molar-refractivity contribution in [3.05, 3.63) is 53.6 Å². The average molecular weight is 402 g/mol. The van der Waals surface area contributed by atoms with Crippen LogP contribution in [-0.4, -0.2) is 42.8 Å². The van der Waals surface area contributed by atoms with E-state index in [2.05, 4.69) is 20.2 Å². The minimum absolute atomic E-state index is 0.00689. The van der Waals surface area contributed by atoms with E-state index in [1.54, 1.807) is 29.4 Å². The molecule has 3 aromatic rings. The smallest absolute Gasteiger partial charge is 0.249 e. The molecule has 2 heterocycles. The number of nitrogens with zero attached hydrogens (tertiary/aromatic N) is 5. The Bertz CT molecular complexity index is 932. The van der Waals surface area contributed by atoms with Crippen molar-refractivity contribution in [2.24, 2.45) is 0 Å². The molecule has 0 aliphatic heterocycles. The third kappa shape index (κ3) is 4.45. The summed E-state index contributed by atoms with van der Waals surface area (Å²) in [6.07, 6.45) is 5.30. The monoisotopic (exact) mass is 401 g/mol. The topological polar surface area (TPSA) is 85.0 Å². The van der Waals surface area contributed by atoms with Gasteiger partial charge >= 0.3 is 0 Å². The first-order chi connectivity index (χ1) is 13.2. The predicted molar refractivity (Wildman–Crippen MR) is 101 cm³/mol. The van der Waals surface area contributed by atoms with E-state index in [1.807, 2.05) is 18.2 Å². The Morgan fingerprint density at radius 3 is 2.70 bits per heavy atom. The van der Waals surface area contributed by atoms with Crippen LogP contribution in [-0.2, 0) is 11.3 Å². The SMILES string of the molecule is O=C(CSc1ncccn1)N(Cc1nnc(-c2ccccc2Cl)o1)C1CC1. The Morgan fingerprint density at radius 1 is 1.19 bits per heavy atom. The fourth-order valence-corrected chi connectivity index (χ4v) is 3.49. The molecule has 0 radical (unpaired) electrons. The summed E-state index contributed by atoms with van der Waals surface area (Å²) in [6, 6.07) is 9.25. The van der Waals surface area contributed by atoms with Gasteiger partial charge in [-0.2, -0.15) is 0 Å². The molecule has 0 atom stereocenters. The van der Waals surface area contributed by atoms with Gasteiger partial charge in [0.1, 0.15) is 0 Å². The van der Waals surface area contributed by atoms with E-state index in [1.165, 1.54) is 11.8 Å². The van der Waals surface area contributed by atoms with Crippen LogP contribution in [0.15, 0.2) is 52.3 Å². The number of aromatic nitrogens is 4. The van der Waals surface area contributed by atoms with Crippen LogP contribution >= 0.6 is 23.4 Å². The molecule has 0 unspecified atom stereocenters. The van der Waals surface area contributed by atoms with E-state index in [0.717, 1.165) is 12.8 Å². The summed E-state index contributed by atoms with van der Waals surface area (Å²) in [5.41, 5.74) is 0.680. The second-order valence-corrected chi connectivity index (χ2v) is 7.40. The van der Waals surface area contributed by atoms with Crippen molar-refractivity contribution in [1.82, 2.24) is 25.1 Å². The maximum absolute atomic E-state index is 12.7. The van der Waals surface area contributed by atoms with Crippen LogP contribution in [0.3, 0.4) is 0 Å². The van der Waals surface area contributed by atoms with Crippen molar-refractivity contribution in [3.8, 4) is 11.5 Å². The van der Waals surface area contributed by atoms with E-state index < -0.39 is 0 Å². The molecule has 9 heteroatoms. The van der Waals surface area contributed by atoms with E-state index in [-0.39, 0.29) is 24.2 Å². The Morgan fingerprint density at radius 2 is 1.96 bits per heavy atom. The molecular formula is C18H16ClN5O2S. The predicted octanol–water partition coefficient (Wildman–Crippen LogP) is 3.46. The molecule has 2 aromatic heterocycles. The van der Waals surface area contributed by atoms with Gasteiger partial charge in [0.05, 0.1) is 22.9 Å². The molecule has 1 saturated carbocycles. The summed E-state index contributed by atoms with van der Waals surface area (Å²) in [4.78, 5) is 22.7. The normalized spacial score (nSPS) is 13.5. The van der Waals surface area contributed by atoms with Gasteiger partial charge in [-0.25, -0.2) is 9.97 Å². The molecule has 138 valence electrons. The van der Waals surface area contributed by atoms with Crippen LogP contribution in [0.4, 0.5) is 0 Å². The van der Waals surface area contributed by atoms with Crippen molar-refractivity contribution in [2.45, 2.75) is 30.6 Å². The zero-order chi connectivity index (χ0) is 18.6. The van der Waals surface area contributed by atoms with Crippen LogP contribution in [0.5, 0.6) is 0 Å². The van der Waals surface area contributed by atoms with Gasteiger partial charge in [0.15, 0.2) is 5.16 Å². The summed E-state index contributed by atoms with van der Waals surface area (Å²) in [7, 11) is 0. The Kier molecular flexibility index (Phi) is 5.35. The van der Waals surface area contributed by atoms with Crippen LogP contribution in [0.2, 0.25) is 5.02 Å². The van der Waals surface area contributed by atoms with Gasteiger partial charge in [-0.05, 0) is 31.0 Å². The van der Waals surface area contributed by atoms with Gasteiger partial charge in [-0.15, -0.1) is 10.2 Å².